The number of anilines is 1. The molecule has 1 aliphatic rings. The van der Waals surface area contributed by atoms with Gasteiger partial charge in [-0.3, -0.25) is 0 Å². The van der Waals surface area contributed by atoms with E-state index < -0.39 is 0 Å². The molecule has 1 saturated carbocycles. The maximum absolute atomic E-state index is 3.73. The average molecular weight is 325 g/mol. The topological polar surface area (TPSA) is 15.3 Å². The van der Waals surface area contributed by atoms with Gasteiger partial charge >= 0.3 is 0 Å². The zero-order valence-corrected chi connectivity index (χ0v) is 14.0. The summed E-state index contributed by atoms with van der Waals surface area (Å²) in [7, 11) is 2.00. The van der Waals surface area contributed by atoms with E-state index in [4.69, 9.17) is 0 Å². The highest BCUT2D eigenvalue weighted by atomic mass is 79.9. The predicted octanol–water partition coefficient (Wildman–Crippen LogP) is 4.35. The SMILES string of the molecule is CNC(C)c1ccc(N(CC(C)C)C2CC2)cc1Br. The lowest BCUT2D eigenvalue weighted by Crippen LogP contribution is -2.29. The third-order valence-corrected chi connectivity index (χ3v) is 4.45. The Labute approximate surface area is 125 Å². The molecule has 1 atom stereocenters. The molecule has 1 aromatic rings. The van der Waals surface area contributed by atoms with Crippen molar-refractivity contribution >= 4 is 21.6 Å². The molecular weight excluding hydrogens is 300 g/mol. The quantitative estimate of drug-likeness (QED) is 0.836. The first-order valence-corrected chi connectivity index (χ1v) is 8.05. The number of nitrogens with one attached hydrogen (secondary N) is 1. The first kappa shape index (κ1) is 14.9. The van der Waals surface area contributed by atoms with E-state index in [1.807, 2.05) is 7.05 Å². The third-order valence-electron chi connectivity index (χ3n) is 3.76. The van der Waals surface area contributed by atoms with Gasteiger partial charge in [0.15, 0.2) is 0 Å². The molecule has 1 aromatic carbocycles. The number of hydrogen-bond donors (Lipinski definition) is 1. The molecule has 106 valence electrons. The van der Waals surface area contributed by atoms with Crippen LogP contribution in [0.25, 0.3) is 0 Å². The lowest BCUT2D eigenvalue weighted by atomic mass is 10.1. The van der Waals surface area contributed by atoms with Crippen LogP contribution in [-0.2, 0) is 0 Å². The molecule has 2 rings (SSSR count). The fraction of sp³-hybridized carbons (Fsp3) is 0.625. The van der Waals surface area contributed by atoms with Crippen LogP contribution >= 0.6 is 15.9 Å². The molecule has 0 radical (unpaired) electrons. The second-order valence-corrected chi connectivity index (χ2v) is 6.85. The van der Waals surface area contributed by atoms with Crippen LogP contribution in [0.15, 0.2) is 22.7 Å². The lowest BCUT2D eigenvalue weighted by molar-refractivity contribution is 0.606. The molecule has 0 aliphatic heterocycles. The summed E-state index contributed by atoms with van der Waals surface area (Å²) < 4.78 is 1.21. The van der Waals surface area contributed by atoms with E-state index in [0.29, 0.717) is 12.0 Å². The van der Waals surface area contributed by atoms with Gasteiger partial charge in [0.25, 0.3) is 0 Å². The van der Waals surface area contributed by atoms with Gasteiger partial charge in [0.2, 0.25) is 0 Å². The smallest absolute Gasteiger partial charge is 0.0380 e. The van der Waals surface area contributed by atoms with Gasteiger partial charge in [0.05, 0.1) is 0 Å². The van der Waals surface area contributed by atoms with Crippen LogP contribution in [0.5, 0.6) is 0 Å². The molecule has 0 aromatic heterocycles. The molecule has 2 nitrogen and oxygen atoms in total. The molecule has 0 amide bonds. The summed E-state index contributed by atoms with van der Waals surface area (Å²) in [6.45, 7) is 7.92. The Morgan fingerprint density at radius 2 is 2.00 bits per heavy atom. The normalized spacial score (nSPS) is 16.7. The van der Waals surface area contributed by atoms with Crippen molar-refractivity contribution in [3.8, 4) is 0 Å². The highest BCUT2D eigenvalue weighted by Crippen LogP contribution is 2.35. The van der Waals surface area contributed by atoms with Crippen molar-refractivity contribution in [2.24, 2.45) is 5.92 Å². The van der Waals surface area contributed by atoms with E-state index in [9.17, 15) is 0 Å². The van der Waals surface area contributed by atoms with Gasteiger partial charge < -0.3 is 10.2 Å². The first-order chi connectivity index (χ1) is 9.02. The van der Waals surface area contributed by atoms with Crippen LogP contribution < -0.4 is 10.2 Å². The minimum Gasteiger partial charge on any atom is -0.368 e. The Morgan fingerprint density at radius 1 is 1.32 bits per heavy atom. The molecule has 19 heavy (non-hydrogen) atoms. The van der Waals surface area contributed by atoms with Gasteiger partial charge in [0.1, 0.15) is 0 Å². The van der Waals surface area contributed by atoms with Crippen LogP contribution in [0.3, 0.4) is 0 Å². The van der Waals surface area contributed by atoms with E-state index in [0.717, 1.165) is 12.6 Å². The summed E-state index contributed by atoms with van der Waals surface area (Å²) in [5, 5.41) is 3.29. The minimum atomic E-state index is 0.378. The summed E-state index contributed by atoms with van der Waals surface area (Å²) in [6.07, 6.45) is 2.69. The third kappa shape index (κ3) is 3.73. The largest absolute Gasteiger partial charge is 0.368 e. The van der Waals surface area contributed by atoms with Crippen molar-refractivity contribution in [2.75, 3.05) is 18.5 Å². The van der Waals surface area contributed by atoms with Gasteiger partial charge in [-0.15, -0.1) is 0 Å². The molecule has 1 N–H and O–H groups in total. The van der Waals surface area contributed by atoms with E-state index >= 15 is 0 Å². The van der Waals surface area contributed by atoms with E-state index in [1.54, 1.807) is 0 Å². The molecule has 0 spiro atoms. The molecule has 1 aliphatic carbocycles. The minimum absolute atomic E-state index is 0.378. The number of rotatable bonds is 6. The second-order valence-electron chi connectivity index (χ2n) is 5.99. The first-order valence-electron chi connectivity index (χ1n) is 7.26. The monoisotopic (exact) mass is 324 g/mol. The predicted molar refractivity (Wildman–Crippen MR) is 86.8 cm³/mol. The van der Waals surface area contributed by atoms with Gasteiger partial charge in [-0.25, -0.2) is 0 Å². The molecule has 1 unspecified atom stereocenters. The highest BCUT2D eigenvalue weighted by Gasteiger charge is 2.29. The van der Waals surface area contributed by atoms with E-state index in [-0.39, 0.29) is 0 Å². The van der Waals surface area contributed by atoms with Crippen LogP contribution in [0.2, 0.25) is 0 Å². The van der Waals surface area contributed by atoms with Crippen molar-refractivity contribution < 1.29 is 0 Å². The molecule has 0 bridgehead atoms. The molecule has 1 fully saturated rings. The van der Waals surface area contributed by atoms with Gasteiger partial charge in [-0.2, -0.15) is 0 Å². The summed E-state index contributed by atoms with van der Waals surface area (Å²) in [4.78, 5) is 2.57. The number of halogens is 1. The lowest BCUT2D eigenvalue weighted by Gasteiger charge is -2.27. The van der Waals surface area contributed by atoms with Crippen molar-refractivity contribution in [3.63, 3.8) is 0 Å². The van der Waals surface area contributed by atoms with Crippen LogP contribution in [0.4, 0.5) is 5.69 Å². The average Bonchev–Trinajstić information content (AvgIpc) is 3.19. The zero-order valence-electron chi connectivity index (χ0n) is 12.4. The number of hydrogen-bond acceptors (Lipinski definition) is 2. The Hall–Kier alpha value is -0.540. The fourth-order valence-corrected chi connectivity index (χ4v) is 3.16. The molecular formula is C16H25BrN2. The standard InChI is InChI=1S/C16H25BrN2/c1-11(2)10-19(13-5-6-13)14-7-8-15(12(3)18-4)16(17)9-14/h7-9,11-13,18H,5-6,10H2,1-4H3. The van der Waals surface area contributed by atoms with Gasteiger partial charge in [-0.05, 0) is 50.4 Å². The maximum atomic E-state index is 3.73. The Kier molecular flexibility index (Phi) is 4.91. The maximum Gasteiger partial charge on any atom is 0.0380 e. The summed E-state index contributed by atoms with van der Waals surface area (Å²) in [5.41, 5.74) is 2.68. The van der Waals surface area contributed by atoms with Crippen LogP contribution in [-0.4, -0.2) is 19.6 Å². The van der Waals surface area contributed by atoms with Crippen molar-refractivity contribution in [3.05, 3.63) is 28.2 Å². The molecule has 3 heteroatoms. The number of benzene rings is 1. The van der Waals surface area contributed by atoms with Crippen molar-refractivity contribution in [1.82, 2.24) is 5.32 Å². The summed E-state index contributed by atoms with van der Waals surface area (Å²) in [6, 6.07) is 7.94. The van der Waals surface area contributed by atoms with Gasteiger partial charge in [0, 0.05) is 28.8 Å². The molecule has 0 saturated heterocycles. The van der Waals surface area contributed by atoms with Crippen molar-refractivity contribution in [1.29, 1.82) is 0 Å². The number of nitrogens with zero attached hydrogens (tertiary/aromatic N) is 1. The Morgan fingerprint density at radius 3 is 2.47 bits per heavy atom. The Balaban J connectivity index is 2.21. The van der Waals surface area contributed by atoms with Gasteiger partial charge in [-0.1, -0.05) is 35.8 Å². The van der Waals surface area contributed by atoms with E-state index in [2.05, 4.69) is 65.1 Å². The van der Waals surface area contributed by atoms with E-state index in [1.165, 1.54) is 28.6 Å². The Bertz CT molecular complexity index is 427. The van der Waals surface area contributed by atoms with Crippen LogP contribution in [0, 0.1) is 5.92 Å². The second kappa shape index (κ2) is 6.27. The zero-order chi connectivity index (χ0) is 14.0. The van der Waals surface area contributed by atoms with Crippen molar-refractivity contribution in [2.45, 2.75) is 45.7 Å². The summed E-state index contributed by atoms with van der Waals surface area (Å²) >= 11 is 3.73. The molecule has 0 heterocycles. The fourth-order valence-electron chi connectivity index (χ4n) is 2.45. The summed E-state index contributed by atoms with van der Waals surface area (Å²) in [5.74, 6) is 0.704. The van der Waals surface area contributed by atoms with Crippen LogP contribution in [0.1, 0.15) is 45.2 Å². The highest BCUT2D eigenvalue weighted by molar-refractivity contribution is 9.10.